The molecule has 0 aliphatic heterocycles. The van der Waals surface area contributed by atoms with Gasteiger partial charge in [-0.15, -0.1) is 0 Å². The molecule has 0 fully saturated rings. The normalized spacial score (nSPS) is 10.2. The van der Waals surface area contributed by atoms with E-state index >= 15 is 0 Å². The molecular weight excluding hydrogens is 317 g/mol. The third-order valence-corrected chi connectivity index (χ3v) is 4.08. The standard InChI is InChI=1S/C18H35NO3.K.H/c1-3-4-5-6-7-8-9-10-11-12-13-14-17(20)19(2)16-15-18(21)22;;/h3-16H2,1-2H3,(H,21,22);;. The van der Waals surface area contributed by atoms with Crippen LogP contribution in [0.1, 0.15) is 90.4 Å². The van der Waals surface area contributed by atoms with Gasteiger partial charge in [0.25, 0.3) is 0 Å². The molecule has 1 amide bonds. The summed E-state index contributed by atoms with van der Waals surface area (Å²) in [7, 11) is 1.68. The summed E-state index contributed by atoms with van der Waals surface area (Å²) >= 11 is 0. The first-order valence-electron chi connectivity index (χ1n) is 9.03. The van der Waals surface area contributed by atoms with E-state index in [-0.39, 0.29) is 63.7 Å². The molecule has 0 spiro atoms. The van der Waals surface area contributed by atoms with E-state index in [1.54, 1.807) is 7.05 Å². The van der Waals surface area contributed by atoms with Crippen LogP contribution in [0.15, 0.2) is 0 Å². The van der Waals surface area contributed by atoms with Gasteiger partial charge in [0.1, 0.15) is 0 Å². The predicted octanol–water partition coefficient (Wildman–Crippen LogP) is 3.97. The van der Waals surface area contributed by atoms with Crippen LogP contribution >= 0.6 is 0 Å². The first-order chi connectivity index (χ1) is 10.6. The van der Waals surface area contributed by atoms with E-state index < -0.39 is 5.97 Å². The van der Waals surface area contributed by atoms with Crippen LogP contribution in [-0.2, 0) is 9.59 Å². The number of unbranched alkanes of at least 4 members (excludes halogenated alkanes) is 10. The van der Waals surface area contributed by atoms with Crippen molar-refractivity contribution < 1.29 is 14.7 Å². The van der Waals surface area contributed by atoms with Gasteiger partial charge in [-0.1, -0.05) is 71.1 Å². The van der Waals surface area contributed by atoms with E-state index in [4.69, 9.17) is 5.11 Å². The maximum atomic E-state index is 11.7. The van der Waals surface area contributed by atoms with Gasteiger partial charge < -0.3 is 10.0 Å². The molecule has 4 nitrogen and oxygen atoms in total. The van der Waals surface area contributed by atoms with E-state index in [0.717, 1.165) is 12.8 Å². The van der Waals surface area contributed by atoms with Gasteiger partial charge in [-0.3, -0.25) is 9.59 Å². The van der Waals surface area contributed by atoms with Gasteiger partial charge in [-0.05, 0) is 6.42 Å². The van der Waals surface area contributed by atoms with E-state index in [1.807, 2.05) is 0 Å². The second-order valence-electron chi connectivity index (χ2n) is 6.24. The van der Waals surface area contributed by atoms with Crippen molar-refractivity contribution in [1.29, 1.82) is 0 Å². The number of carbonyl (C=O) groups excluding carboxylic acids is 1. The quantitative estimate of drug-likeness (QED) is 0.358. The summed E-state index contributed by atoms with van der Waals surface area (Å²) in [4.78, 5) is 23.7. The van der Waals surface area contributed by atoms with E-state index in [9.17, 15) is 9.59 Å². The van der Waals surface area contributed by atoms with Crippen molar-refractivity contribution >= 4 is 63.3 Å². The Kier molecular flexibility index (Phi) is 21.2. The van der Waals surface area contributed by atoms with Crippen LogP contribution in [0.4, 0.5) is 0 Å². The molecule has 0 heterocycles. The first kappa shape index (κ1) is 25.8. The summed E-state index contributed by atoms with van der Waals surface area (Å²) < 4.78 is 0. The van der Waals surface area contributed by atoms with Crippen LogP contribution < -0.4 is 0 Å². The summed E-state index contributed by atoms with van der Waals surface area (Å²) in [6.07, 6.45) is 14.6. The topological polar surface area (TPSA) is 57.6 Å². The molecule has 0 saturated carbocycles. The van der Waals surface area contributed by atoms with Crippen molar-refractivity contribution in [3.8, 4) is 0 Å². The van der Waals surface area contributed by atoms with Gasteiger partial charge in [-0.2, -0.15) is 0 Å². The number of amides is 1. The summed E-state index contributed by atoms with van der Waals surface area (Å²) in [5.41, 5.74) is 0. The Morgan fingerprint density at radius 2 is 1.22 bits per heavy atom. The Labute approximate surface area is 185 Å². The first-order valence-corrected chi connectivity index (χ1v) is 9.03. The number of aliphatic carboxylic acids is 1. The van der Waals surface area contributed by atoms with E-state index in [0.29, 0.717) is 13.0 Å². The van der Waals surface area contributed by atoms with E-state index in [1.165, 1.54) is 62.7 Å². The van der Waals surface area contributed by atoms with Crippen molar-refractivity contribution in [3.63, 3.8) is 0 Å². The summed E-state index contributed by atoms with van der Waals surface area (Å²) in [6, 6.07) is 0. The molecule has 0 aromatic rings. The van der Waals surface area contributed by atoms with Crippen LogP contribution in [0.2, 0.25) is 0 Å². The molecular formula is C18H36KNO3. The maximum absolute atomic E-state index is 11.7. The van der Waals surface area contributed by atoms with Crippen LogP contribution in [0, 0.1) is 0 Å². The number of rotatable bonds is 15. The van der Waals surface area contributed by atoms with Gasteiger partial charge in [0.15, 0.2) is 0 Å². The van der Waals surface area contributed by atoms with Gasteiger partial charge in [0.2, 0.25) is 5.91 Å². The Bertz CT molecular complexity index is 298. The van der Waals surface area contributed by atoms with Crippen molar-refractivity contribution in [2.75, 3.05) is 13.6 Å². The monoisotopic (exact) mass is 353 g/mol. The van der Waals surface area contributed by atoms with Crippen molar-refractivity contribution in [2.24, 2.45) is 0 Å². The zero-order chi connectivity index (χ0) is 16.6. The van der Waals surface area contributed by atoms with Gasteiger partial charge >= 0.3 is 57.4 Å². The number of carbonyl (C=O) groups is 2. The average molecular weight is 354 g/mol. The number of hydrogen-bond donors (Lipinski definition) is 1. The van der Waals surface area contributed by atoms with Crippen LogP contribution in [-0.4, -0.2) is 86.9 Å². The molecule has 0 aliphatic carbocycles. The third-order valence-electron chi connectivity index (χ3n) is 4.08. The fraction of sp³-hybridized carbons (Fsp3) is 0.889. The van der Waals surface area contributed by atoms with Crippen LogP contribution in [0.25, 0.3) is 0 Å². The summed E-state index contributed by atoms with van der Waals surface area (Å²) in [6.45, 7) is 2.56. The zero-order valence-corrected chi connectivity index (χ0v) is 14.6. The molecule has 0 atom stereocenters. The Hall–Kier alpha value is 0.576. The SMILES string of the molecule is CCCCCCCCCCCCCC(=O)N(C)CCC(=O)O.[KH]. The molecule has 0 radical (unpaired) electrons. The van der Waals surface area contributed by atoms with Gasteiger partial charge in [0.05, 0.1) is 6.42 Å². The molecule has 0 aromatic heterocycles. The molecule has 0 unspecified atom stereocenters. The summed E-state index contributed by atoms with van der Waals surface area (Å²) in [5.74, 6) is -0.786. The van der Waals surface area contributed by atoms with Gasteiger partial charge in [0, 0.05) is 20.0 Å². The predicted molar refractivity (Wildman–Crippen MR) is 98.1 cm³/mol. The minimum atomic E-state index is -0.852. The second kappa shape index (κ2) is 18.9. The van der Waals surface area contributed by atoms with Crippen molar-refractivity contribution in [2.45, 2.75) is 90.4 Å². The number of carboxylic acids is 1. The fourth-order valence-corrected chi connectivity index (χ4v) is 2.52. The van der Waals surface area contributed by atoms with Crippen molar-refractivity contribution in [1.82, 2.24) is 4.90 Å². The third kappa shape index (κ3) is 18.8. The zero-order valence-electron chi connectivity index (χ0n) is 14.6. The van der Waals surface area contributed by atoms with Crippen molar-refractivity contribution in [3.05, 3.63) is 0 Å². The average Bonchev–Trinajstić information content (AvgIpc) is 2.49. The van der Waals surface area contributed by atoms with E-state index in [2.05, 4.69) is 6.92 Å². The Balaban J connectivity index is 0. The molecule has 23 heavy (non-hydrogen) atoms. The molecule has 0 rings (SSSR count). The fourth-order valence-electron chi connectivity index (χ4n) is 2.52. The second-order valence-corrected chi connectivity index (χ2v) is 6.24. The minimum absolute atomic E-state index is 0. The number of carboxylic acid groups (broad SMARTS) is 1. The molecule has 0 saturated heterocycles. The molecule has 1 N–H and O–H groups in total. The Morgan fingerprint density at radius 3 is 1.65 bits per heavy atom. The summed E-state index contributed by atoms with van der Waals surface area (Å²) in [5, 5.41) is 8.58. The molecule has 5 heteroatoms. The van der Waals surface area contributed by atoms with Crippen LogP contribution in [0.5, 0.6) is 0 Å². The molecule has 0 bridgehead atoms. The Morgan fingerprint density at radius 1 is 0.783 bits per heavy atom. The molecule has 132 valence electrons. The molecule has 0 aromatic carbocycles. The number of nitrogens with zero attached hydrogens (tertiary/aromatic N) is 1. The van der Waals surface area contributed by atoms with Crippen LogP contribution in [0.3, 0.4) is 0 Å². The molecule has 0 aliphatic rings. The van der Waals surface area contributed by atoms with Gasteiger partial charge in [-0.25, -0.2) is 0 Å². The number of hydrogen-bond acceptors (Lipinski definition) is 2.